The normalized spacial score (nSPS) is 17.5. The highest BCUT2D eigenvalue weighted by Gasteiger charge is 2.19. The molecule has 0 aromatic heterocycles. The Bertz CT molecular complexity index is 422. The molecule has 0 heterocycles. The van der Waals surface area contributed by atoms with Crippen LogP contribution < -0.4 is 10.1 Å². The predicted octanol–water partition coefficient (Wildman–Crippen LogP) is 2.72. The number of nitrogens with one attached hydrogen (secondary N) is 1. The molecule has 1 N–H and O–H groups in total. The summed E-state index contributed by atoms with van der Waals surface area (Å²) in [6, 6.07) is 6.92. The fourth-order valence-electron chi connectivity index (χ4n) is 2.79. The summed E-state index contributed by atoms with van der Waals surface area (Å²) >= 11 is 0. The molecule has 0 bridgehead atoms. The Morgan fingerprint density at radius 1 is 1.19 bits per heavy atom. The maximum atomic E-state index is 5.79. The number of aryl methyl sites for hydroxylation is 1. The van der Waals surface area contributed by atoms with Gasteiger partial charge in [0.2, 0.25) is 0 Å². The average molecular weight is 293 g/mol. The van der Waals surface area contributed by atoms with Crippen LogP contribution in [0.5, 0.6) is 5.75 Å². The molecule has 1 aromatic carbocycles. The minimum absolute atomic E-state index is 0.461. The van der Waals surface area contributed by atoms with Crippen molar-refractivity contribution in [3.05, 3.63) is 29.3 Å². The summed E-state index contributed by atoms with van der Waals surface area (Å²) in [6.07, 6.45) is 4.57. The molecule has 1 aromatic rings. The molecule has 0 spiro atoms. The lowest BCUT2D eigenvalue weighted by atomic mass is 9.87. The van der Waals surface area contributed by atoms with Gasteiger partial charge in [0, 0.05) is 26.4 Å². The molecule has 1 aliphatic carbocycles. The molecule has 0 fully saturated rings. The van der Waals surface area contributed by atoms with E-state index < -0.39 is 0 Å². The predicted molar refractivity (Wildman–Crippen MR) is 84.0 cm³/mol. The van der Waals surface area contributed by atoms with E-state index in [1.54, 1.807) is 7.11 Å². The summed E-state index contributed by atoms with van der Waals surface area (Å²) in [4.78, 5) is 0. The van der Waals surface area contributed by atoms with Gasteiger partial charge in [0.15, 0.2) is 0 Å². The molecule has 0 saturated heterocycles. The van der Waals surface area contributed by atoms with Gasteiger partial charge in [-0.05, 0) is 56.0 Å². The van der Waals surface area contributed by atoms with Crippen molar-refractivity contribution >= 4 is 0 Å². The van der Waals surface area contributed by atoms with E-state index in [4.69, 9.17) is 14.2 Å². The number of ether oxygens (including phenoxy) is 3. The highest BCUT2D eigenvalue weighted by Crippen LogP contribution is 2.32. The maximum Gasteiger partial charge on any atom is 0.119 e. The smallest absolute Gasteiger partial charge is 0.119 e. The summed E-state index contributed by atoms with van der Waals surface area (Å²) < 4.78 is 16.3. The largest absolute Gasteiger partial charge is 0.491 e. The summed E-state index contributed by atoms with van der Waals surface area (Å²) in [5.74, 6) is 0.941. The first-order valence-corrected chi connectivity index (χ1v) is 7.84. The first-order valence-electron chi connectivity index (χ1n) is 7.84. The molecule has 118 valence electrons. The van der Waals surface area contributed by atoms with Gasteiger partial charge in [-0.3, -0.25) is 0 Å². The summed E-state index contributed by atoms with van der Waals surface area (Å²) in [6.45, 7) is 2.69. The van der Waals surface area contributed by atoms with E-state index in [1.165, 1.54) is 30.4 Å². The van der Waals surface area contributed by atoms with Gasteiger partial charge >= 0.3 is 0 Å². The lowest BCUT2D eigenvalue weighted by Gasteiger charge is -2.25. The number of fused-ring (bicyclic) bond motifs is 1. The van der Waals surface area contributed by atoms with Crippen LogP contribution in [0.3, 0.4) is 0 Å². The molecular weight excluding hydrogens is 266 g/mol. The van der Waals surface area contributed by atoms with E-state index in [0.717, 1.165) is 25.4 Å². The zero-order chi connectivity index (χ0) is 14.9. The zero-order valence-corrected chi connectivity index (χ0v) is 13.2. The molecular formula is C17H27NO3. The van der Waals surface area contributed by atoms with Gasteiger partial charge in [0.1, 0.15) is 12.4 Å². The minimum Gasteiger partial charge on any atom is -0.491 e. The van der Waals surface area contributed by atoms with Gasteiger partial charge < -0.3 is 19.5 Å². The van der Waals surface area contributed by atoms with Crippen LogP contribution >= 0.6 is 0 Å². The number of hydrogen-bond donors (Lipinski definition) is 1. The Morgan fingerprint density at radius 3 is 2.90 bits per heavy atom. The molecule has 4 heteroatoms. The molecule has 0 radical (unpaired) electrons. The average Bonchev–Trinajstić information content (AvgIpc) is 2.53. The van der Waals surface area contributed by atoms with Crippen molar-refractivity contribution in [2.24, 2.45) is 0 Å². The standard InChI is InChI=1S/C17H27NO3/c1-18-17-6-3-5-14-7-8-15(13-16(14)17)21-12-11-20-10-4-9-19-2/h7-8,13,17-18H,3-6,9-12H2,1-2H3. The van der Waals surface area contributed by atoms with Gasteiger partial charge in [0.25, 0.3) is 0 Å². The Kier molecular flexibility index (Phi) is 7.00. The fourth-order valence-corrected chi connectivity index (χ4v) is 2.79. The summed E-state index contributed by atoms with van der Waals surface area (Å²) in [7, 11) is 3.73. The fraction of sp³-hybridized carbons (Fsp3) is 0.647. The highest BCUT2D eigenvalue weighted by molar-refractivity contribution is 5.39. The molecule has 1 atom stereocenters. The second-order valence-corrected chi connectivity index (χ2v) is 5.40. The molecule has 4 nitrogen and oxygen atoms in total. The Morgan fingerprint density at radius 2 is 2.10 bits per heavy atom. The van der Waals surface area contributed by atoms with Gasteiger partial charge in [-0.1, -0.05) is 6.07 Å². The number of methoxy groups -OCH3 is 1. The Hall–Kier alpha value is -1.10. The van der Waals surface area contributed by atoms with Crippen molar-refractivity contribution in [1.82, 2.24) is 5.32 Å². The lowest BCUT2D eigenvalue weighted by Crippen LogP contribution is -2.21. The van der Waals surface area contributed by atoms with Crippen molar-refractivity contribution < 1.29 is 14.2 Å². The second-order valence-electron chi connectivity index (χ2n) is 5.40. The molecule has 0 amide bonds. The molecule has 21 heavy (non-hydrogen) atoms. The van der Waals surface area contributed by atoms with Gasteiger partial charge in [-0.15, -0.1) is 0 Å². The third-order valence-electron chi connectivity index (χ3n) is 3.91. The van der Waals surface area contributed by atoms with E-state index in [0.29, 0.717) is 19.3 Å². The van der Waals surface area contributed by atoms with Crippen molar-refractivity contribution in [3.8, 4) is 5.75 Å². The third kappa shape index (κ3) is 4.99. The van der Waals surface area contributed by atoms with E-state index in [9.17, 15) is 0 Å². The quantitative estimate of drug-likeness (QED) is 0.711. The first-order chi connectivity index (χ1) is 10.3. The van der Waals surface area contributed by atoms with Crippen molar-refractivity contribution in [2.45, 2.75) is 31.7 Å². The minimum atomic E-state index is 0.461. The van der Waals surface area contributed by atoms with E-state index in [-0.39, 0.29) is 0 Å². The number of hydrogen-bond acceptors (Lipinski definition) is 4. The molecule has 0 aliphatic heterocycles. The van der Waals surface area contributed by atoms with Crippen LogP contribution in [0.25, 0.3) is 0 Å². The Balaban J connectivity index is 1.76. The summed E-state index contributed by atoms with van der Waals surface area (Å²) in [5, 5.41) is 3.39. The van der Waals surface area contributed by atoms with Crippen LogP contribution in [0.15, 0.2) is 18.2 Å². The SMILES string of the molecule is CNC1CCCc2ccc(OCCOCCCOC)cc21. The van der Waals surface area contributed by atoms with Gasteiger partial charge in [-0.2, -0.15) is 0 Å². The van der Waals surface area contributed by atoms with Crippen LogP contribution in [-0.4, -0.2) is 40.6 Å². The zero-order valence-electron chi connectivity index (χ0n) is 13.2. The topological polar surface area (TPSA) is 39.7 Å². The molecule has 0 saturated carbocycles. The van der Waals surface area contributed by atoms with E-state index in [1.807, 2.05) is 7.05 Å². The Labute approximate surface area is 127 Å². The van der Waals surface area contributed by atoms with Crippen LogP contribution in [0.2, 0.25) is 0 Å². The first kappa shape index (κ1) is 16.3. The van der Waals surface area contributed by atoms with Crippen LogP contribution in [0, 0.1) is 0 Å². The van der Waals surface area contributed by atoms with Gasteiger partial charge in [0.05, 0.1) is 6.61 Å². The monoisotopic (exact) mass is 293 g/mol. The van der Waals surface area contributed by atoms with Crippen molar-refractivity contribution in [2.75, 3.05) is 40.6 Å². The van der Waals surface area contributed by atoms with Crippen LogP contribution in [-0.2, 0) is 15.9 Å². The van der Waals surface area contributed by atoms with E-state index in [2.05, 4.69) is 23.5 Å². The van der Waals surface area contributed by atoms with Crippen LogP contribution in [0.4, 0.5) is 0 Å². The third-order valence-corrected chi connectivity index (χ3v) is 3.91. The number of rotatable bonds is 9. The lowest BCUT2D eigenvalue weighted by molar-refractivity contribution is 0.0806. The van der Waals surface area contributed by atoms with Crippen molar-refractivity contribution in [1.29, 1.82) is 0 Å². The molecule has 2 rings (SSSR count). The van der Waals surface area contributed by atoms with Crippen molar-refractivity contribution in [3.63, 3.8) is 0 Å². The highest BCUT2D eigenvalue weighted by atomic mass is 16.5. The summed E-state index contributed by atoms with van der Waals surface area (Å²) in [5.41, 5.74) is 2.84. The molecule has 1 unspecified atom stereocenters. The maximum absolute atomic E-state index is 5.79. The molecule has 1 aliphatic rings. The second kappa shape index (κ2) is 9.03. The van der Waals surface area contributed by atoms with Gasteiger partial charge in [-0.25, -0.2) is 0 Å². The number of benzene rings is 1. The van der Waals surface area contributed by atoms with E-state index >= 15 is 0 Å². The van der Waals surface area contributed by atoms with Crippen LogP contribution in [0.1, 0.15) is 36.4 Å².